The van der Waals surface area contributed by atoms with E-state index in [1.165, 1.54) is 11.8 Å². The molecule has 206 valence electrons. The molecule has 12 N–H and O–H groups in total. The Hall–Kier alpha value is -3.11. The lowest BCUT2D eigenvalue weighted by molar-refractivity contribution is -0.145. The predicted octanol–water partition coefficient (Wildman–Crippen LogP) is -3.09. The zero-order valence-corrected chi connectivity index (χ0v) is 21.1. The van der Waals surface area contributed by atoms with Gasteiger partial charge >= 0.3 is 11.9 Å². The molecule has 0 saturated carbocycles. The molecular weight excluding hydrogens is 498 g/mol. The number of thioether (sulfide) groups is 1. The van der Waals surface area contributed by atoms with Gasteiger partial charge in [-0.15, -0.1) is 0 Å². The van der Waals surface area contributed by atoms with E-state index in [9.17, 15) is 34.2 Å². The fraction of sp³-hybridized carbons (Fsp3) is 0.700. The Bertz CT molecular complexity index is 792. The predicted molar refractivity (Wildman–Crippen MR) is 133 cm³/mol. The van der Waals surface area contributed by atoms with Crippen LogP contribution < -0.4 is 33.2 Å². The molecule has 0 bridgehead atoms. The van der Waals surface area contributed by atoms with Gasteiger partial charge in [0, 0.05) is 13.0 Å². The van der Waals surface area contributed by atoms with Crippen LogP contribution >= 0.6 is 11.8 Å². The van der Waals surface area contributed by atoms with Crippen molar-refractivity contribution < 1.29 is 39.3 Å². The molecule has 0 aromatic rings. The highest BCUT2D eigenvalue weighted by molar-refractivity contribution is 7.98. The molecule has 0 aromatic heterocycles. The van der Waals surface area contributed by atoms with Crippen LogP contribution in [-0.2, 0) is 24.0 Å². The number of nitrogens with two attached hydrogens (primary N) is 3. The van der Waals surface area contributed by atoms with E-state index in [-0.39, 0.29) is 31.8 Å². The van der Waals surface area contributed by atoms with Gasteiger partial charge in [0.05, 0.1) is 12.1 Å². The van der Waals surface area contributed by atoms with Crippen molar-refractivity contribution in [1.82, 2.24) is 16.0 Å². The van der Waals surface area contributed by atoms with E-state index in [4.69, 9.17) is 22.3 Å². The molecule has 0 saturated heterocycles. The zero-order valence-electron chi connectivity index (χ0n) is 20.3. The van der Waals surface area contributed by atoms with Gasteiger partial charge in [0.15, 0.2) is 12.0 Å². The van der Waals surface area contributed by atoms with Crippen LogP contribution in [0.1, 0.15) is 39.0 Å². The Morgan fingerprint density at radius 1 is 0.917 bits per heavy atom. The first kappa shape index (κ1) is 32.9. The number of aliphatic hydroxyl groups excluding tert-OH is 1. The number of amides is 3. The lowest BCUT2D eigenvalue weighted by atomic mass is 10.1. The number of hydrogen-bond acceptors (Lipinski definition) is 9. The minimum atomic E-state index is -1.68. The van der Waals surface area contributed by atoms with Crippen molar-refractivity contribution in [2.24, 2.45) is 22.2 Å². The lowest BCUT2D eigenvalue weighted by Gasteiger charge is -2.25. The number of nitrogens with zero attached hydrogens (tertiary/aromatic N) is 1. The largest absolute Gasteiger partial charge is 0.481 e. The SMILES string of the molecule is CSCCC(NC(=O)C(N)CCCN=C(N)N)C(=O)NC(CCC(=O)O)C(=O)NC(C(=O)O)C(C)O. The summed E-state index contributed by atoms with van der Waals surface area (Å²) in [4.78, 5) is 64.2. The van der Waals surface area contributed by atoms with Crippen LogP contribution in [0.5, 0.6) is 0 Å². The van der Waals surface area contributed by atoms with Crippen molar-refractivity contribution in [3.8, 4) is 0 Å². The number of aliphatic hydroxyl groups is 1. The summed E-state index contributed by atoms with van der Waals surface area (Å²) in [6.07, 6.45) is 0.304. The zero-order chi connectivity index (χ0) is 27.8. The number of carbonyl (C=O) groups excluding carboxylic acids is 3. The standard InChI is InChI=1S/C20H37N7O8S/c1-10(28)15(19(34)35)27-18(33)12(5-6-14(29)30)26-17(32)13(7-9-36-2)25-16(31)11(21)4-3-8-24-20(22)23/h10-13,15,28H,3-9,21H2,1-2H3,(H,25,31)(H,26,32)(H,27,33)(H,29,30)(H,34,35)(H4,22,23,24). The quantitative estimate of drug-likeness (QED) is 0.0479. The molecule has 3 amide bonds. The maximum atomic E-state index is 12.9. The van der Waals surface area contributed by atoms with Crippen molar-refractivity contribution in [3.63, 3.8) is 0 Å². The highest BCUT2D eigenvalue weighted by Gasteiger charge is 2.32. The lowest BCUT2D eigenvalue weighted by Crippen LogP contribution is -2.58. The van der Waals surface area contributed by atoms with E-state index in [0.29, 0.717) is 12.2 Å². The van der Waals surface area contributed by atoms with Gasteiger partial charge in [-0.05, 0) is 44.6 Å². The Morgan fingerprint density at radius 2 is 1.47 bits per heavy atom. The van der Waals surface area contributed by atoms with Crippen LogP contribution in [0.2, 0.25) is 0 Å². The molecule has 0 radical (unpaired) electrons. The molecule has 5 unspecified atom stereocenters. The molecule has 0 aromatic carbocycles. The average molecular weight is 536 g/mol. The number of aliphatic carboxylic acids is 2. The number of hydrogen-bond donors (Lipinski definition) is 9. The molecule has 15 nitrogen and oxygen atoms in total. The molecule has 0 aliphatic rings. The first-order valence-corrected chi connectivity index (χ1v) is 12.5. The molecule has 0 aliphatic heterocycles. The third kappa shape index (κ3) is 13.7. The van der Waals surface area contributed by atoms with Gasteiger partial charge < -0.3 is 48.5 Å². The number of nitrogens with one attached hydrogen (secondary N) is 3. The third-order valence-electron chi connectivity index (χ3n) is 4.87. The molecule has 0 spiro atoms. The maximum Gasteiger partial charge on any atom is 0.328 e. The van der Waals surface area contributed by atoms with Gasteiger partial charge in [-0.1, -0.05) is 0 Å². The van der Waals surface area contributed by atoms with Crippen molar-refractivity contribution in [1.29, 1.82) is 0 Å². The topological polar surface area (TPSA) is 273 Å². The first-order chi connectivity index (χ1) is 16.8. The fourth-order valence-electron chi connectivity index (χ4n) is 2.89. The number of carboxylic acid groups (broad SMARTS) is 2. The molecule has 16 heteroatoms. The van der Waals surface area contributed by atoms with E-state index in [2.05, 4.69) is 20.9 Å². The summed E-state index contributed by atoms with van der Waals surface area (Å²) in [6, 6.07) is -5.17. The van der Waals surface area contributed by atoms with Crippen molar-refractivity contribution in [2.45, 2.75) is 69.3 Å². The van der Waals surface area contributed by atoms with Crippen LogP contribution in [0.4, 0.5) is 0 Å². The van der Waals surface area contributed by atoms with E-state index in [1.807, 2.05) is 0 Å². The monoisotopic (exact) mass is 535 g/mol. The highest BCUT2D eigenvalue weighted by Crippen LogP contribution is 2.06. The molecule has 5 atom stereocenters. The minimum absolute atomic E-state index is 0.0913. The van der Waals surface area contributed by atoms with Crippen LogP contribution in [0.25, 0.3) is 0 Å². The molecule has 0 rings (SSSR count). The van der Waals surface area contributed by atoms with Gasteiger partial charge in [-0.25, -0.2) is 4.79 Å². The summed E-state index contributed by atoms with van der Waals surface area (Å²) in [6.45, 7) is 1.42. The number of guanidine groups is 1. The number of rotatable bonds is 18. The van der Waals surface area contributed by atoms with Crippen LogP contribution in [0.15, 0.2) is 4.99 Å². The second-order valence-electron chi connectivity index (χ2n) is 7.96. The van der Waals surface area contributed by atoms with Gasteiger partial charge in [0.25, 0.3) is 0 Å². The van der Waals surface area contributed by atoms with E-state index in [1.54, 1.807) is 6.26 Å². The van der Waals surface area contributed by atoms with E-state index in [0.717, 1.165) is 6.92 Å². The van der Waals surface area contributed by atoms with Crippen molar-refractivity contribution >= 4 is 47.4 Å². The Labute approximate surface area is 213 Å². The second-order valence-corrected chi connectivity index (χ2v) is 8.94. The highest BCUT2D eigenvalue weighted by atomic mass is 32.2. The molecule has 0 heterocycles. The van der Waals surface area contributed by atoms with E-state index < -0.39 is 66.4 Å². The normalized spacial score (nSPS) is 14.9. The summed E-state index contributed by atoms with van der Waals surface area (Å²) in [5, 5.41) is 34.8. The van der Waals surface area contributed by atoms with Crippen LogP contribution in [-0.4, -0.2) is 99.8 Å². The average Bonchev–Trinajstić information content (AvgIpc) is 2.78. The Morgan fingerprint density at radius 3 is 1.97 bits per heavy atom. The Kier molecular flexibility index (Phi) is 15.8. The van der Waals surface area contributed by atoms with Gasteiger partial charge in [-0.2, -0.15) is 11.8 Å². The third-order valence-corrected chi connectivity index (χ3v) is 5.52. The second kappa shape index (κ2) is 17.3. The van der Waals surface area contributed by atoms with Crippen molar-refractivity contribution in [3.05, 3.63) is 0 Å². The van der Waals surface area contributed by atoms with Crippen LogP contribution in [0, 0.1) is 0 Å². The summed E-state index contributed by atoms with van der Waals surface area (Å²) in [7, 11) is 0. The molecule has 36 heavy (non-hydrogen) atoms. The number of carboxylic acids is 2. The summed E-state index contributed by atoms with van der Waals surface area (Å²) in [5.74, 6) is -4.78. The van der Waals surface area contributed by atoms with Gasteiger partial charge in [0.1, 0.15) is 12.1 Å². The number of aliphatic imine (C=N–C) groups is 1. The minimum Gasteiger partial charge on any atom is -0.481 e. The summed E-state index contributed by atoms with van der Waals surface area (Å²) >= 11 is 1.41. The van der Waals surface area contributed by atoms with Gasteiger partial charge in [0.2, 0.25) is 17.7 Å². The van der Waals surface area contributed by atoms with E-state index >= 15 is 0 Å². The molecular formula is C20H37N7O8S. The fourth-order valence-corrected chi connectivity index (χ4v) is 3.36. The van der Waals surface area contributed by atoms with Crippen molar-refractivity contribution in [2.75, 3.05) is 18.6 Å². The smallest absolute Gasteiger partial charge is 0.328 e. The summed E-state index contributed by atoms with van der Waals surface area (Å²) < 4.78 is 0. The first-order valence-electron chi connectivity index (χ1n) is 11.1. The summed E-state index contributed by atoms with van der Waals surface area (Å²) in [5.41, 5.74) is 16.4. The van der Waals surface area contributed by atoms with Gasteiger partial charge in [-0.3, -0.25) is 24.2 Å². The van der Waals surface area contributed by atoms with Crippen LogP contribution in [0.3, 0.4) is 0 Å². The maximum absolute atomic E-state index is 12.9. The number of carbonyl (C=O) groups is 5. The molecule has 0 fully saturated rings. The Balaban J connectivity index is 5.42. The molecule has 0 aliphatic carbocycles.